The number of nitrogens with zero attached hydrogens (tertiary/aromatic N) is 1. The van der Waals surface area contributed by atoms with Crippen LogP contribution in [0.2, 0.25) is 5.02 Å². The third-order valence-corrected chi connectivity index (χ3v) is 5.93. The molecule has 3 aromatic carbocycles. The molecule has 0 aliphatic heterocycles. The van der Waals surface area contributed by atoms with Gasteiger partial charge in [0, 0.05) is 11.6 Å². The van der Waals surface area contributed by atoms with Gasteiger partial charge in [0.2, 0.25) is 10.0 Å². The zero-order valence-corrected chi connectivity index (χ0v) is 18.9. The molecule has 3 aromatic rings. The van der Waals surface area contributed by atoms with Crippen LogP contribution in [-0.4, -0.2) is 27.2 Å². The molecule has 0 spiro atoms. The number of hydrogen-bond acceptors (Lipinski definition) is 4. The Kier molecular flexibility index (Phi) is 7.71. The number of carbonyl (C=O) groups is 1. The van der Waals surface area contributed by atoms with Gasteiger partial charge in [-0.2, -0.15) is 0 Å². The number of rotatable bonds is 9. The van der Waals surface area contributed by atoms with Crippen LogP contribution in [-0.2, 0) is 27.9 Å². The maximum absolute atomic E-state index is 12.9. The molecule has 0 heterocycles. The lowest BCUT2D eigenvalue weighted by molar-refractivity contribution is -0.123. The van der Waals surface area contributed by atoms with E-state index < -0.39 is 10.0 Å². The Morgan fingerprint density at radius 2 is 1.56 bits per heavy atom. The van der Waals surface area contributed by atoms with Gasteiger partial charge in [-0.05, 0) is 59.7 Å². The summed E-state index contributed by atoms with van der Waals surface area (Å²) in [6.07, 6.45) is 1.14. The molecule has 0 fully saturated rings. The molecule has 9 heteroatoms. The summed E-state index contributed by atoms with van der Waals surface area (Å²) in [5.74, 6) is -0.251. The van der Waals surface area contributed by atoms with E-state index >= 15 is 0 Å². The molecule has 0 unspecified atom stereocenters. The standard InChI is InChI=1S/C23H22ClFN2O4S/c1-32(29,30)27(15-18-2-6-19(24)7-3-18)21-10-12-22(13-11-21)31-16-23(28)26-14-17-4-8-20(25)9-5-17/h2-13H,14-16H2,1H3,(H,26,28). The maximum Gasteiger partial charge on any atom is 0.258 e. The highest BCUT2D eigenvalue weighted by Gasteiger charge is 2.18. The normalized spacial score (nSPS) is 11.1. The fourth-order valence-electron chi connectivity index (χ4n) is 2.87. The number of ether oxygens (including phenoxy) is 1. The summed E-state index contributed by atoms with van der Waals surface area (Å²) < 4.78 is 44.3. The molecular formula is C23H22ClFN2O4S. The van der Waals surface area contributed by atoms with Gasteiger partial charge in [-0.3, -0.25) is 9.10 Å². The molecule has 1 amide bonds. The number of sulfonamides is 1. The summed E-state index contributed by atoms with van der Waals surface area (Å²) >= 11 is 5.89. The van der Waals surface area contributed by atoms with E-state index in [4.69, 9.17) is 16.3 Å². The minimum atomic E-state index is -3.53. The molecule has 0 radical (unpaired) electrons. The topological polar surface area (TPSA) is 75.7 Å². The second-order valence-electron chi connectivity index (χ2n) is 7.08. The SMILES string of the molecule is CS(=O)(=O)N(Cc1ccc(Cl)cc1)c1ccc(OCC(=O)NCc2ccc(F)cc2)cc1. The average Bonchev–Trinajstić information content (AvgIpc) is 2.76. The van der Waals surface area contributed by atoms with E-state index in [-0.39, 0.29) is 31.4 Å². The molecule has 0 aromatic heterocycles. The average molecular weight is 477 g/mol. The highest BCUT2D eigenvalue weighted by Crippen LogP contribution is 2.24. The highest BCUT2D eigenvalue weighted by atomic mass is 35.5. The Bertz CT molecular complexity index is 1150. The summed E-state index contributed by atoms with van der Waals surface area (Å²) in [4.78, 5) is 12.0. The molecule has 6 nitrogen and oxygen atoms in total. The molecule has 168 valence electrons. The predicted octanol–water partition coefficient (Wildman–Crippen LogP) is 4.14. The van der Waals surface area contributed by atoms with Crippen molar-refractivity contribution < 1.29 is 22.3 Å². The zero-order chi connectivity index (χ0) is 23.1. The lowest BCUT2D eigenvalue weighted by Crippen LogP contribution is -2.29. The minimum absolute atomic E-state index is 0.155. The minimum Gasteiger partial charge on any atom is -0.484 e. The van der Waals surface area contributed by atoms with Gasteiger partial charge in [0.05, 0.1) is 18.5 Å². The fourth-order valence-corrected chi connectivity index (χ4v) is 3.88. The monoisotopic (exact) mass is 476 g/mol. The van der Waals surface area contributed by atoms with Crippen LogP contribution in [0.1, 0.15) is 11.1 Å². The lowest BCUT2D eigenvalue weighted by atomic mass is 10.2. The number of nitrogens with one attached hydrogen (secondary N) is 1. The summed E-state index contributed by atoms with van der Waals surface area (Å²) in [5.41, 5.74) is 2.03. The molecule has 3 rings (SSSR count). The molecule has 32 heavy (non-hydrogen) atoms. The van der Waals surface area contributed by atoms with Crippen LogP contribution in [0, 0.1) is 5.82 Å². The zero-order valence-electron chi connectivity index (χ0n) is 17.3. The molecule has 0 atom stereocenters. The summed E-state index contributed by atoms with van der Waals surface area (Å²) in [5, 5.41) is 3.26. The van der Waals surface area contributed by atoms with Gasteiger partial charge in [-0.15, -0.1) is 0 Å². The Morgan fingerprint density at radius 1 is 0.969 bits per heavy atom. The van der Waals surface area contributed by atoms with Crippen LogP contribution in [0.4, 0.5) is 10.1 Å². The molecule has 0 aliphatic carbocycles. The molecular weight excluding hydrogens is 455 g/mol. The molecule has 0 aliphatic rings. The van der Waals surface area contributed by atoms with E-state index in [9.17, 15) is 17.6 Å². The van der Waals surface area contributed by atoms with Crippen LogP contribution in [0.3, 0.4) is 0 Å². The first-order valence-corrected chi connectivity index (χ1v) is 11.9. The van der Waals surface area contributed by atoms with Crippen molar-refractivity contribution in [2.24, 2.45) is 0 Å². The summed E-state index contributed by atoms with van der Waals surface area (Å²) in [7, 11) is -3.53. The Balaban J connectivity index is 1.57. The smallest absolute Gasteiger partial charge is 0.258 e. The van der Waals surface area contributed by atoms with Crippen LogP contribution in [0.5, 0.6) is 5.75 Å². The molecule has 1 N–H and O–H groups in total. The largest absolute Gasteiger partial charge is 0.484 e. The van der Waals surface area contributed by atoms with Crippen molar-refractivity contribution in [3.63, 3.8) is 0 Å². The number of carbonyl (C=O) groups excluding carboxylic acids is 1. The van der Waals surface area contributed by atoms with Crippen LogP contribution in [0.15, 0.2) is 72.8 Å². The van der Waals surface area contributed by atoms with Gasteiger partial charge in [0.25, 0.3) is 5.91 Å². The van der Waals surface area contributed by atoms with Crippen molar-refractivity contribution in [1.82, 2.24) is 5.32 Å². The van der Waals surface area contributed by atoms with E-state index in [1.54, 1.807) is 60.7 Å². The Hall–Kier alpha value is -3.10. The van der Waals surface area contributed by atoms with Crippen molar-refractivity contribution in [2.45, 2.75) is 13.1 Å². The van der Waals surface area contributed by atoms with Gasteiger partial charge >= 0.3 is 0 Å². The van der Waals surface area contributed by atoms with Gasteiger partial charge in [-0.1, -0.05) is 35.9 Å². The predicted molar refractivity (Wildman–Crippen MR) is 123 cm³/mol. The first kappa shape index (κ1) is 23.6. The molecule has 0 saturated carbocycles. The first-order valence-electron chi connectivity index (χ1n) is 9.67. The van der Waals surface area contributed by atoms with E-state index in [0.717, 1.165) is 17.4 Å². The lowest BCUT2D eigenvalue weighted by Gasteiger charge is -2.23. The number of hydrogen-bond donors (Lipinski definition) is 1. The van der Waals surface area contributed by atoms with Crippen molar-refractivity contribution >= 4 is 33.2 Å². The maximum atomic E-state index is 12.9. The number of benzene rings is 3. The van der Waals surface area contributed by atoms with E-state index in [1.807, 2.05) is 0 Å². The summed E-state index contributed by atoms with van der Waals surface area (Å²) in [6.45, 7) is 0.207. The third-order valence-electron chi connectivity index (χ3n) is 4.54. The van der Waals surface area contributed by atoms with Gasteiger partial charge in [0.1, 0.15) is 11.6 Å². The number of amides is 1. The van der Waals surface area contributed by atoms with Gasteiger partial charge in [-0.25, -0.2) is 12.8 Å². The van der Waals surface area contributed by atoms with Crippen molar-refractivity contribution in [1.29, 1.82) is 0 Å². The second-order valence-corrected chi connectivity index (χ2v) is 9.43. The van der Waals surface area contributed by atoms with E-state index in [0.29, 0.717) is 16.5 Å². The molecule has 0 bridgehead atoms. The number of anilines is 1. The third kappa shape index (κ3) is 6.96. The first-order chi connectivity index (χ1) is 15.2. The van der Waals surface area contributed by atoms with Crippen molar-refractivity contribution in [3.8, 4) is 5.75 Å². The fraction of sp³-hybridized carbons (Fsp3) is 0.174. The van der Waals surface area contributed by atoms with Crippen molar-refractivity contribution in [3.05, 3.63) is 94.8 Å². The van der Waals surface area contributed by atoms with E-state index in [2.05, 4.69) is 5.32 Å². The molecule has 0 saturated heterocycles. The summed E-state index contributed by atoms with van der Waals surface area (Å²) in [6, 6.07) is 19.2. The number of halogens is 2. The van der Waals surface area contributed by atoms with Crippen LogP contribution >= 0.6 is 11.6 Å². The van der Waals surface area contributed by atoms with Gasteiger partial charge < -0.3 is 10.1 Å². The Labute approximate surface area is 191 Å². The van der Waals surface area contributed by atoms with Crippen LogP contribution in [0.25, 0.3) is 0 Å². The van der Waals surface area contributed by atoms with E-state index in [1.165, 1.54) is 16.4 Å². The highest BCUT2D eigenvalue weighted by molar-refractivity contribution is 7.92. The second kappa shape index (κ2) is 10.5. The Morgan fingerprint density at radius 3 is 2.16 bits per heavy atom. The van der Waals surface area contributed by atoms with Crippen LogP contribution < -0.4 is 14.4 Å². The quantitative estimate of drug-likeness (QED) is 0.503. The van der Waals surface area contributed by atoms with Gasteiger partial charge in [0.15, 0.2) is 6.61 Å². The van der Waals surface area contributed by atoms with Crippen molar-refractivity contribution in [2.75, 3.05) is 17.2 Å².